The number of urea groups is 1. The van der Waals surface area contributed by atoms with Gasteiger partial charge in [0, 0.05) is 12.2 Å². The normalized spacial score (nSPS) is 22.0. The van der Waals surface area contributed by atoms with E-state index >= 15 is 0 Å². The topological polar surface area (TPSA) is 82.7 Å². The van der Waals surface area contributed by atoms with Crippen molar-refractivity contribution in [2.24, 2.45) is 11.8 Å². The van der Waals surface area contributed by atoms with Crippen LogP contribution in [0.2, 0.25) is 0 Å². The first-order chi connectivity index (χ1) is 10.6. The van der Waals surface area contributed by atoms with E-state index in [4.69, 9.17) is 0 Å². The van der Waals surface area contributed by atoms with E-state index in [9.17, 15) is 4.79 Å². The van der Waals surface area contributed by atoms with Crippen LogP contribution in [0.4, 0.5) is 10.6 Å². The summed E-state index contributed by atoms with van der Waals surface area (Å²) < 4.78 is 0. The summed E-state index contributed by atoms with van der Waals surface area (Å²) in [4.78, 5) is 23.8. The van der Waals surface area contributed by atoms with Crippen LogP contribution in [0.1, 0.15) is 39.5 Å². The maximum absolute atomic E-state index is 12.2. The molecule has 0 saturated heterocycles. The Hall–Kier alpha value is -2.11. The Bertz CT molecular complexity index is 651. The number of nitrogens with one attached hydrogen (secondary N) is 3. The fourth-order valence-corrected chi connectivity index (χ4v) is 3.35. The molecule has 3 rings (SSSR count). The number of aromatic nitrogens is 3. The molecule has 0 bridgehead atoms. The van der Waals surface area contributed by atoms with E-state index in [0.29, 0.717) is 17.7 Å². The summed E-state index contributed by atoms with van der Waals surface area (Å²) in [5.41, 5.74) is 1.47. The highest BCUT2D eigenvalue weighted by atomic mass is 16.2. The Morgan fingerprint density at radius 1 is 1.36 bits per heavy atom. The number of nitrogens with zero attached hydrogens (tertiary/aromatic N) is 2. The molecule has 6 heteroatoms. The van der Waals surface area contributed by atoms with Crippen molar-refractivity contribution >= 4 is 23.0 Å². The van der Waals surface area contributed by atoms with Crippen LogP contribution >= 0.6 is 0 Å². The number of H-pyrrole nitrogens is 1. The third-order valence-electron chi connectivity index (χ3n) is 4.49. The first-order valence-corrected chi connectivity index (χ1v) is 8.01. The summed E-state index contributed by atoms with van der Waals surface area (Å²) in [7, 11) is 0. The van der Waals surface area contributed by atoms with Crippen molar-refractivity contribution in [2.75, 3.05) is 5.32 Å². The van der Waals surface area contributed by atoms with Crippen molar-refractivity contribution in [3.8, 4) is 0 Å². The van der Waals surface area contributed by atoms with Crippen molar-refractivity contribution in [1.29, 1.82) is 0 Å². The lowest BCUT2D eigenvalue weighted by Crippen LogP contribution is -2.45. The van der Waals surface area contributed by atoms with E-state index in [2.05, 4.69) is 39.4 Å². The lowest BCUT2D eigenvalue weighted by molar-refractivity contribution is 0.200. The molecular formula is C16H23N5O. The van der Waals surface area contributed by atoms with Crippen LogP contribution in [-0.2, 0) is 0 Å². The molecule has 118 valence electrons. The van der Waals surface area contributed by atoms with E-state index in [0.717, 1.165) is 17.6 Å². The van der Waals surface area contributed by atoms with Crippen molar-refractivity contribution in [2.45, 2.75) is 45.6 Å². The molecule has 2 amide bonds. The number of carbonyl (C=O) groups excluding carboxylic acids is 1. The predicted molar refractivity (Wildman–Crippen MR) is 86.6 cm³/mol. The molecule has 2 heterocycles. The number of carbonyl (C=O) groups is 1. The highest BCUT2D eigenvalue weighted by molar-refractivity contribution is 5.89. The molecule has 0 radical (unpaired) electrons. The number of hydrogen-bond acceptors (Lipinski definition) is 3. The second-order valence-corrected chi connectivity index (χ2v) is 6.36. The van der Waals surface area contributed by atoms with Crippen LogP contribution in [0, 0.1) is 11.8 Å². The minimum atomic E-state index is -0.193. The lowest BCUT2D eigenvalue weighted by Gasteiger charge is -2.34. The third-order valence-corrected chi connectivity index (χ3v) is 4.49. The first-order valence-electron chi connectivity index (χ1n) is 8.01. The van der Waals surface area contributed by atoms with Crippen LogP contribution in [0.3, 0.4) is 0 Å². The summed E-state index contributed by atoms with van der Waals surface area (Å²) in [6.45, 7) is 4.46. The van der Waals surface area contributed by atoms with Gasteiger partial charge in [0.2, 0.25) is 0 Å². The molecule has 1 aliphatic rings. The number of amides is 2. The average molecular weight is 301 g/mol. The lowest BCUT2D eigenvalue weighted by atomic mass is 9.78. The Morgan fingerprint density at radius 2 is 2.18 bits per heavy atom. The van der Waals surface area contributed by atoms with Crippen LogP contribution < -0.4 is 10.6 Å². The Kier molecular flexibility index (Phi) is 4.27. The van der Waals surface area contributed by atoms with Gasteiger partial charge in [-0.2, -0.15) is 0 Å². The van der Waals surface area contributed by atoms with Crippen molar-refractivity contribution in [3.05, 3.63) is 18.5 Å². The smallest absolute Gasteiger partial charge is 0.320 e. The van der Waals surface area contributed by atoms with Gasteiger partial charge in [-0.3, -0.25) is 5.32 Å². The van der Waals surface area contributed by atoms with Gasteiger partial charge >= 0.3 is 6.03 Å². The zero-order valence-electron chi connectivity index (χ0n) is 13.1. The molecular weight excluding hydrogens is 278 g/mol. The van der Waals surface area contributed by atoms with Gasteiger partial charge in [-0.15, -0.1) is 0 Å². The number of anilines is 1. The summed E-state index contributed by atoms with van der Waals surface area (Å²) in [6.07, 6.45) is 8.04. The summed E-state index contributed by atoms with van der Waals surface area (Å²) >= 11 is 0. The molecule has 1 aliphatic carbocycles. The minimum absolute atomic E-state index is 0.193. The van der Waals surface area contributed by atoms with Crippen molar-refractivity contribution in [3.63, 3.8) is 0 Å². The summed E-state index contributed by atoms with van der Waals surface area (Å²) in [5.74, 6) is 1.61. The number of hydrogen-bond donors (Lipinski definition) is 3. The van der Waals surface area contributed by atoms with Gasteiger partial charge in [-0.1, -0.05) is 26.7 Å². The molecule has 0 aromatic carbocycles. The molecule has 1 saturated carbocycles. The molecule has 2 aromatic heterocycles. The second-order valence-electron chi connectivity index (χ2n) is 6.36. The highest BCUT2D eigenvalue weighted by Gasteiger charge is 2.28. The molecule has 1 fully saturated rings. The Balaban J connectivity index is 1.63. The SMILES string of the molecule is CC(C)[C@H]1CCCC[C@H]1NC(=O)Nc1cnc2[nH]ccc2n1. The Labute approximate surface area is 130 Å². The fourth-order valence-electron chi connectivity index (χ4n) is 3.35. The molecule has 2 aromatic rings. The fraction of sp³-hybridized carbons (Fsp3) is 0.562. The van der Waals surface area contributed by atoms with E-state index < -0.39 is 0 Å². The molecule has 2 atom stereocenters. The Morgan fingerprint density at radius 3 is 3.00 bits per heavy atom. The largest absolute Gasteiger partial charge is 0.345 e. The average Bonchev–Trinajstić information content (AvgIpc) is 2.95. The van der Waals surface area contributed by atoms with E-state index in [-0.39, 0.29) is 12.1 Å². The van der Waals surface area contributed by atoms with Crippen LogP contribution in [0.25, 0.3) is 11.2 Å². The highest BCUT2D eigenvalue weighted by Crippen LogP contribution is 2.30. The maximum atomic E-state index is 12.2. The molecule has 22 heavy (non-hydrogen) atoms. The van der Waals surface area contributed by atoms with Gasteiger partial charge < -0.3 is 10.3 Å². The van der Waals surface area contributed by atoms with Crippen LogP contribution in [0.15, 0.2) is 18.5 Å². The van der Waals surface area contributed by atoms with Crippen LogP contribution in [-0.4, -0.2) is 27.0 Å². The standard InChI is InChI=1S/C16H23N5O/c1-10(2)11-5-3-4-6-12(11)20-16(22)21-14-9-18-15-13(19-14)7-8-17-15/h7-12H,3-6H2,1-2H3,(H,17,18)(H2,19,20,21,22)/t11-,12-/m1/s1. The molecule has 0 spiro atoms. The first kappa shape index (κ1) is 14.8. The predicted octanol–water partition coefficient (Wildman–Crippen LogP) is 3.29. The van der Waals surface area contributed by atoms with Gasteiger partial charge in [0.05, 0.1) is 6.20 Å². The van der Waals surface area contributed by atoms with E-state index in [1.54, 1.807) is 12.4 Å². The van der Waals surface area contributed by atoms with Crippen molar-refractivity contribution in [1.82, 2.24) is 20.3 Å². The minimum Gasteiger partial charge on any atom is -0.345 e. The zero-order valence-corrected chi connectivity index (χ0v) is 13.1. The van der Waals surface area contributed by atoms with Gasteiger partial charge in [0.1, 0.15) is 5.52 Å². The molecule has 6 nitrogen and oxygen atoms in total. The van der Waals surface area contributed by atoms with Gasteiger partial charge in [0.15, 0.2) is 11.5 Å². The number of fused-ring (bicyclic) bond motifs is 1. The number of aromatic amines is 1. The monoisotopic (exact) mass is 301 g/mol. The van der Waals surface area contributed by atoms with Crippen molar-refractivity contribution < 1.29 is 4.79 Å². The quantitative estimate of drug-likeness (QED) is 0.813. The second kappa shape index (κ2) is 6.34. The third kappa shape index (κ3) is 3.21. The molecule has 3 N–H and O–H groups in total. The molecule has 0 unspecified atom stereocenters. The zero-order chi connectivity index (χ0) is 15.5. The summed E-state index contributed by atoms with van der Waals surface area (Å²) in [5, 5.41) is 5.91. The van der Waals surface area contributed by atoms with Gasteiger partial charge in [-0.25, -0.2) is 14.8 Å². The number of rotatable bonds is 3. The van der Waals surface area contributed by atoms with E-state index in [1.165, 1.54) is 19.3 Å². The van der Waals surface area contributed by atoms with E-state index in [1.807, 2.05) is 6.07 Å². The van der Waals surface area contributed by atoms with Crippen LogP contribution in [0.5, 0.6) is 0 Å². The summed E-state index contributed by atoms with van der Waals surface area (Å²) in [6, 6.07) is 1.89. The van der Waals surface area contributed by atoms with Gasteiger partial charge in [-0.05, 0) is 30.7 Å². The molecule has 0 aliphatic heterocycles. The maximum Gasteiger partial charge on any atom is 0.320 e. The van der Waals surface area contributed by atoms with Gasteiger partial charge in [0.25, 0.3) is 0 Å².